The van der Waals surface area contributed by atoms with E-state index in [-0.39, 0.29) is 0 Å². The summed E-state index contributed by atoms with van der Waals surface area (Å²) >= 11 is 2.39. The summed E-state index contributed by atoms with van der Waals surface area (Å²) in [6.45, 7) is 2.10. The molecule has 0 fully saturated rings. The molecule has 23 heavy (non-hydrogen) atoms. The van der Waals surface area contributed by atoms with Crippen molar-refractivity contribution in [2.45, 2.75) is 6.92 Å². The van der Waals surface area contributed by atoms with Crippen LogP contribution in [0.1, 0.15) is 5.56 Å². The summed E-state index contributed by atoms with van der Waals surface area (Å²) in [6, 6.07) is 21.1. The smallest absolute Gasteiger partial charge is 0.145 e. The van der Waals surface area contributed by atoms with Crippen molar-refractivity contribution in [3.63, 3.8) is 0 Å². The van der Waals surface area contributed by atoms with E-state index in [1.807, 2.05) is 12.3 Å². The van der Waals surface area contributed by atoms with Crippen molar-refractivity contribution in [1.82, 2.24) is 9.55 Å². The predicted octanol–water partition coefficient (Wildman–Crippen LogP) is 5.61. The average Bonchev–Trinajstić information content (AvgIpc) is 2.93. The van der Waals surface area contributed by atoms with Crippen LogP contribution in [0, 0.1) is 10.5 Å². The van der Waals surface area contributed by atoms with Crippen molar-refractivity contribution in [2.24, 2.45) is 0 Å². The van der Waals surface area contributed by atoms with Gasteiger partial charge in [-0.2, -0.15) is 0 Å². The van der Waals surface area contributed by atoms with Crippen LogP contribution in [0.5, 0.6) is 0 Å². The van der Waals surface area contributed by atoms with Crippen LogP contribution in [0.25, 0.3) is 27.8 Å². The van der Waals surface area contributed by atoms with Gasteiger partial charge < -0.3 is 4.57 Å². The Morgan fingerprint density at radius 3 is 2.39 bits per heavy atom. The van der Waals surface area contributed by atoms with Crippen LogP contribution in [0.4, 0.5) is 0 Å². The van der Waals surface area contributed by atoms with E-state index in [0.717, 1.165) is 16.9 Å². The zero-order valence-corrected chi connectivity index (χ0v) is 14.9. The molecule has 4 rings (SSSR count). The van der Waals surface area contributed by atoms with Crippen LogP contribution in [0.2, 0.25) is 0 Å². The molecule has 0 aliphatic heterocycles. The van der Waals surface area contributed by atoms with Gasteiger partial charge in [0, 0.05) is 32.6 Å². The third-order valence-electron chi connectivity index (χ3n) is 4.01. The maximum absolute atomic E-state index is 4.74. The number of halogens is 1. The average molecular weight is 410 g/mol. The number of hydrogen-bond donors (Lipinski definition) is 0. The van der Waals surface area contributed by atoms with Crippen LogP contribution in [0.15, 0.2) is 73.1 Å². The Morgan fingerprint density at radius 2 is 1.65 bits per heavy atom. The summed E-state index contributed by atoms with van der Waals surface area (Å²) in [4.78, 5) is 4.74. The van der Waals surface area contributed by atoms with Crippen LogP contribution >= 0.6 is 22.6 Å². The molecule has 0 saturated carbocycles. The molecular weight excluding hydrogens is 395 g/mol. The summed E-state index contributed by atoms with van der Waals surface area (Å²) < 4.78 is 3.37. The maximum atomic E-state index is 4.74. The molecule has 0 saturated heterocycles. The van der Waals surface area contributed by atoms with Crippen molar-refractivity contribution in [1.29, 1.82) is 0 Å². The molecular formula is C20H15IN2. The van der Waals surface area contributed by atoms with E-state index in [4.69, 9.17) is 4.98 Å². The molecule has 3 heteroatoms. The second-order valence-corrected chi connectivity index (χ2v) is 6.81. The topological polar surface area (TPSA) is 17.8 Å². The first kappa shape index (κ1) is 14.5. The first-order valence-corrected chi connectivity index (χ1v) is 8.59. The first-order valence-electron chi connectivity index (χ1n) is 7.51. The zero-order valence-electron chi connectivity index (χ0n) is 12.7. The van der Waals surface area contributed by atoms with Crippen molar-refractivity contribution < 1.29 is 0 Å². The summed E-state index contributed by atoms with van der Waals surface area (Å²) in [7, 11) is 0. The summed E-state index contributed by atoms with van der Waals surface area (Å²) in [5, 5.41) is 1.19. The fourth-order valence-corrected chi connectivity index (χ4v) is 3.44. The molecule has 0 radical (unpaired) electrons. The van der Waals surface area contributed by atoms with E-state index in [9.17, 15) is 0 Å². The highest BCUT2D eigenvalue weighted by Gasteiger charge is 2.11. The van der Waals surface area contributed by atoms with Gasteiger partial charge in [0.2, 0.25) is 0 Å². The van der Waals surface area contributed by atoms with E-state index in [2.05, 4.69) is 94.9 Å². The normalized spacial score (nSPS) is 11.0. The van der Waals surface area contributed by atoms with Gasteiger partial charge in [-0.05, 0) is 53.3 Å². The van der Waals surface area contributed by atoms with Gasteiger partial charge in [-0.1, -0.05) is 48.0 Å². The fourth-order valence-electron chi connectivity index (χ4n) is 2.76. The molecule has 0 N–H and O–H groups in total. The lowest BCUT2D eigenvalue weighted by Crippen LogP contribution is -1.93. The number of nitrogens with zero attached hydrogens (tertiary/aromatic N) is 2. The molecule has 4 aromatic rings. The minimum atomic E-state index is 0.998. The SMILES string of the molecule is Cc1ccc(-n2cc(I)c3cc(-c4ccccc4)cnc32)cc1. The van der Waals surface area contributed by atoms with E-state index in [1.54, 1.807) is 0 Å². The number of aryl methyl sites for hydroxylation is 1. The minimum absolute atomic E-state index is 0.998. The lowest BCUT2D eigenvalue weighted by atomic mass is 10.1. The highest BCUT2D eigenvalue weighted by atomic mass is 127. The van der Waals surface area contributed by atoms with Gasteiger partial charge in [0.05, 0.1) is 0 Å². The Labute approximate surface area is 148 Å². The van der Waals surface area contributed by atoms with E-state index in [1.165, 1.54) is 20.1 Å². The largest absolute Gasteiger partial charge is 0.300 e. The lowest BCUT2D eigenvalue weighted by molar-refractivity contribution is 1.09. The van der Waals surface area contributed by atoms with Crippen molar-refractivity contribution >= 4 is 33.6 Å². The third-order valence-corrected chi connectivity index (χ3v) is 4.87. The summed E-state index contributed by atoms with van der Waals surface area (Å²) in [6.07, 6.45) is 4.11. The predicted molar refractivity (Wildman–Crippen MR) is 104 cm³/mol. The monoisotopic (exact) mass is 410 g/mol. The second-order valence-electron chi connectivity index (χ2n) is 5.64. The number of fused-ring (bicyclic) bond motifs is 1. The van der Waals surface area contributed by atoms with Gasteiger partial charge in [-0.15, -0.1) is 0 Å². The Balaban J connectivity index is 1.88. The number of rotatable bonds is 2. The zero-order chi connectivity index (χ0) is 15.8. The van der Waals surface area contributed by atoms with Crippen molar-refractivity contribution in [3.8, 4) is 16.8 Å². The highest BCUT2D eigenvalue weighted by molar-refractivity contribution is 14.1. The molecule has 0 aliphatic rings. The van der Waals surface area contributed by atoms with Gasteiger partial charge in [0.1, 0.15) is 5.65 Å². The van der Waals surface area contributed by atoms with E-state index < -0.39 is 0 Å². The summed E-state index contributed by atoms with van der Waals surface area (Å²) in [5.74, 6) is 0. The Morgan fingerprint density at radius 1 is 0.913 bits per heavy atom. The Kier molecular flexibility index (Phi) is 3.65. The molecule has 0 unspecified atom stereocenters. The van der Waals surface area contributed by atoms with Crippen molar-refractivity contribution in [3.05, 3.63) is 82.2 Å². The second kappa shape index (κ2) is 5.81. The molecule has 2 aromatic carbocycles. The molecule has 2 nitrogen and oxygen atoms in total. The molecule has 2 aromatic heterocycles. The van der Waals surface area contributed by atoms with Crippen LogP contribution < -0.4 is 0 Å². The quantitative estimate of drug-likeness (QED) is 0.393. The van der Waals surface area contributed by atoms with Crippen LogP contribution in [-0.2, 0) is 0 Å². The third kappa shape index (κ3) is 2.65. The lowest BCUT2D eigenvalue weighted by Gasteiger charge is -2.06. The minimum Gasteiger partial charge on any atom is -0.300 e. The molecule has 0 amide bonds. The number of hydrogen-bond acceptors (Lipinski definition) is 1. The number of pyridine rings is 1. The van der Waals surface area contributed by atoms with E-state index >= 15 is 0 Å². The van der Waals surface area contributed by atoms with Crippen molar-refractivity contribution in [2.75, 3.05) is 0 Å². The Bertz CT molecular complexity index is 970. The molecule has 0 aliphatic carbocycles. The van der Waals surface area contributed by atoms with Gasteiger partial charge in [0.15, 0.2) is 0 Å². The van der Waals surface area contributed by atoms with E-state index in [0.29, 0.717) is 0 Å². The highest BCUT2D eigenvalue weighted by Crippen LogP contribution is 2.29. The number of aromatic nitrogens is 2. The molecule has 0 spiro atoms. The summed E-state index contributed by atoms with van der Waals surface area (Å²) in [5.41, 5.74) is 5.75. The van der Waals surface area contributed by atoms with Gasteiger partial charge in [-0.25, -0.2) is 4.98 Å². The van der Waals surface area contributed by atoms with Crippen LogP contribution in [0.3, 0.4) is 0 Å². The molecule has 112 valence electrons. The first-order chi connectivity index (χ1) is 11.2. The molecule has 2 heterocycles. The van der Waals surface area contributed by atoms with Gasteiger partial charge in [-0.3, -0.25) is 0 Å². The fraction of sp³-hybridized carbons (Fsp3) is 0.0500. The molecule has 0 bridgehead atoms. The number of benzene rings is 2. The molecule has 0 atom stereocenters. The maximum Gasteiger partial charge on any atom is 0.145 e. The van der Waals surface area contributed by atoms with Gasteiger partial charge >= 0.3 is 0 Å². The standard InChI is InChI=1S/C20H15IN2/c1-14-7-9-17(10-8-14)23-13-19(21)18-11-16(12-22-20(18)23)15-5-3-2-4-6-15/h2-13H,1H3. The van der Waals surface area contributed by atoms with Gasteiger partial charge in [0.25, 0.3) is 0 Å². The van der Waals surface area contributed by atoms with Crippen LogP contribution in [-0.4, -0.2) is 9.55 Å². The Hall–Kier alpha value is -2.14.